The van der Waals surface area contributed by atoms with Crippen molar-refractivity contribution in [2.75, 3.05) is 37.9 Å². The van der Waals surface area contributed by atoms with Crippen LogP contribution < -0.4 is 10.1 Å². The summed E-state index contributed by atoms with van der Waals surface area (Å²) < 4.78 is 36.9. The number of hydrogen-bond acceptors (Lipinski definition) is 9. The molecule has 0 bridgehead atoms. The molecule has 1 saturated carbocycles. The Morgan fingerprint density at radius 3 is 2.56 bits per heavy atom. The standard InChI is InChI=1S/C23H33N5O5S/c1-34(30,31)28-9-6-16(14-28)26-23-25-13-20-21(27-23)19(15-2-4-17(29)5-3-15)12-24-22(20)33-18-7-10-32-11-8-18/h12-13,15-18,29H,2-11,14H2,1H3,(H,25,26,27)/t15?,16-,17?/m0/s1. The fourth-order valence-corrected chi connectivity index (χ4v) is 6.04. The zero-order valence-corrected chi connectivity index (χ0v) is 20.3. The Bertz CT molecular complexity index is 1120. The van der Waals surface area contributed by atoms with E-state index in [1.807, 2.05) is 6.20 Å². The molecule has 2 aromatic heterocycles. The van der Waals surface area contributed by atoms with Crippen LogP contribution >= 0.6 is 0 Å². The smallest absolute Gasteiger partial charge is 0.224 e. The van der Waals surface area contributed by atoms with Gasteiger partial charge in [-0.3, -0.25) is 0 Å². The van der Waals surface area contributed by atoms with E-state index in [-0.39, 0.29) is 24.2 Å². The van der Waals surface area contributed by atoms with Gasteiger partial charge in [0.2, 0.25) is 21.9 Å². The van der Waals surface area contributed by atoms with Gasteiger partial charge in [0.15, 0.2) is 0 Å². The van der Waals surface area contributed by atoms with E-state index in [1.165, 1.54) is 10.6 Å². The maximum absolute atomic E-state index is 11.9. The molecule has 3 aliphatic rings. The Hall–Kier alpha value is -2.08. The summed E-state index contributed by atoms with van der Waals surface area (Å²) in [7, 11) is -3.21. The lowest BCUT2D eigenvalue weighted by molar-refractivity contribution is 0.0244. The Morgan fingerprint density at radius 1 is 1.09 bits per heavy atom. The molecular formula is C23H33N5O5S. The van der Waals surface area contributed by atoms with Crippen LogP contribution in [0.2, 0.25) is 0 Å². The second-order valence-corrected chi connectivity index (χ2v) is 11.6. The lowest BCUT2D eigenvalue weighted by atomic mass is 9.83. The van der Waals surface area contributed by atoms with Crippen molar-refractivity contribution in [1.82, 2.24) is 19.3 Å². The van der Waals surface area contributed by atoms with Crippen LogP contribution in [0.3, 0.4) is 0 Å². The molecular weight excluding hydrogens is 458 g/mol. The zero-order valence-electron chi connectivity index (χ0n) is 19.5. The van der Waals surface area contributed by atoms with Gasteiger partial charge in [-0.25, -0.2) is 27.7 Å². The van der Waals surface area contributed by atoms with Crippen LogP contribution in [0.1, 0.15) is 56.4 Å². The van der Waals surface area contributed by atoms with E-state index in [2.05, 4.69) is 15.3 Å². The molecule has 11 heteroatoms. The van der Waals surface area contributed by atoms with Gasteiger partial charge in [-0.1, -0.05) is 0 Å². The van der Waals surface area contributed by atoms with Gasteiger partial charge in [0.25, 0.3) is 0 Å². The van der Waals surface area contributed by atoms with Crippen molar-refractivity contribution < 1.29 is 23.0 Å². The number of pyridine rings is 1. The van der Waals surface area contributed by atoms with Crippen LogP contribution in [0.5, 0.6) is 5.88 Å². The van der Waals surface area contributed by atoms with E-state index in [0.29, 0.717) is 44.6 Å². The number of hydrogen-bond donors (Lipinski definition) is 2. The van der Waals surface area contributed by atoms with Crippen molar-refractivity contribution in [3.8, 4) is 5.88 Å². The summed E-state index contributed by atoms with van der Waals surface area (Å²) in [6.07, 6.45) is 10.4. The summed E-state index contributed by atoms with van der Waals surface area (Å²) in [6, 6.07) is -0.0414. The van der Waals surface area contributed by atoms with Crippen molar-refractivity contribution in [3.05, 3.63) is 18.0 Å². The van der Waals surface area contributed by atoms with E-state index in [9.17, 15) is 13.5 Å². The van der Waals surface area contributed by atoms with Gasteiger partial charge in [0.1, 0.15) is 6.10 Å². The van der Waals surface area contributed by atoms with Crippen LogP contribution in [-0.2, 0) is 14.8 Å². The summed E-state index contributed by atoms with van der Waals surface area (Å²) >= 11 is 0. The number of nitrogens with one attached hydrogen (secondary N) is 1. The van der Waals surface area contributed by atoms with Crippen molar-refractivity contribution in [2.24, 2.45) is 0 Å². The molecule has 0 radical (unpaired) electrons. The van der Waals surface area contributed by atoms with E-state index in [4.69, 9.17) is 14.5 Å². The highest BCUT2D eigenvalue weighted by Crippen LogP contribution is 2.38. The van der Waals surface area contributed by atoms with Crippen LogP contribution in [0.25, 0.3) is 10.9 Å². The molecule has 2 aromatic rings. The number of sulfonamides is 1. The van der Waals surface area contributed by atoms with Crippen LogP contribution in [0.4, 0.5) is 5.95 Å². The van der Waals surface area contributed by atoms with Crippen LogP contribution in [0, 0.1) is 0 Å². The normalized spacial score (nSPS) is 27.2. The second-order valence-electron chi connectivity index (χ2n) is 9.66. The number of rotatable bonds is 6. The predicted octanol–water partition coefficient (Wildman–Crippen LogP) is 2.05. The Labute approximate surface area is 200 Å². The summed E-state index contributed by atoms with van der Waals surface area (Å²) in [5.41, 5.74) is 1.87. The molecule has 5 rings (SSSR count). The highest BCUT2D eigenvalue weighted by atomic mass is 32.2. The number of ether oxygens (including phenoxy) is 2. The maximum Gasteiger partial charge on any atom is 0.224 e. The molecule has 0 unspecified atom stereocenters. The average molecular weight is 492 g/mol. The predicted molar refractivity (Wildman–Crippen MR) is 127 cm³/mol. The first-order valence-electron chi connectivity index (χ1n) is 12.2. The fourth-order valence-electron chi connectivity index (χ4n) is 5.15. The molecule has 186 valence electrons. The summed E-state index contributed by atoms with van der Waals surface area (Å²) in [5, 5.41) is 14.1. The molecule has 3 fully saturated rings. The first-order chi connectivity index (χ1) is 16.4. The molecule has 4 heterocycles. The van der Waals surface area contributed by atoms with E-state index < -0.39 is 10.0 Å². The minimum Gasteiger partial charge on any atom is -0.474 e. The van der Waals surface area contributed by atoms with Crippen molar-refractivity contribution in [3.63, 3.8) is 0 Å². The van der Waals surface area contributed by atoms with Gasteiger partial charge in [0.05, 0.1) is 36.5 Å². The quantitative estimate of drug-likeness (QED) is 0.624. The fraction of sp³-hybridized carbons (Fsp3) is 0.696. The molecule has 2 saturated heterocycles. The van der Waals surface area contributed by atoms with E-state index in [1.54, 1.807) is 6.20 Å². The van der Waals surface area contributed by atoms with Crippen molar-refractivity contribution in [1.29, 1.82) is 0 Å². The Morgan fingerprint density at radius 2 is 1.85 bits per heavy atom. The van der Waals surface area contributed by atoms with Crippen molar-refractivity contribution in [2.45, 2.75) is 69.1 Å². The lowest BCUT2D eigenvalue weighted by Gasteiger charge is -2.27. The monoisotopic (exact) mass is 491 g/mol. The third kappa shape index (κ3) is 5.27. The highest BCUT2D eigenvalue weighted by Gasteiger charge is 2.30. The summed E-state index contributed by atoms with van der Waals surface area (Å²) in [4.78, 5) is 14.1. The lowest BCUT2D eigenvalue weighted by Crippen LogP contribution is -2.31. The molecule has 2 aliphatic heterocycles. The summed E-state index contributed by atoms with van der Waals surface area (Å²) in [6.45, 7) is 2.26. The molecule has 2 N–H and O–H groups in total. The largest absolute Gasteiger partial charge is 0.474 e. The molecule has 0 amide bonds. The molecule has 34 heavy (non-hydrogen) atoms. The first-order valence-corrected chi connectivity index (χ1v) is 14.0. The molecule has 1 aliphatic carbocycles. The van der Waals surface area contributed by atoms with Crippen LogP contribution in [0.15, 0.2) is 12.4 Å². The zero-order chi connectivity index (χ0) is 23.7. The molecule has 0 spiro atoms. The number of aromatic nitrogens is 3. The topological polar surface area (TPSA) is 127 Å². The van der Waals surface area contributed by atoms with E-state index >= 15 is 0 Å². The molecule has 1 atom stereocenters. The van der Waals surface area contributed by atoms with Gasteiger partial charge < -0.3 is 19.9 Å². The minimum atomic E-state index is -3.21. The maximum atomic E-state index is 11.9. The van der Waals surface area contributed by atoms with Gasteiger partial charge in [-0.15, -0.1) is 0 Å². The average Bonchev–Trinajstić information content (AvgIpc) is 3.30. The first kappa shape index (κ1) is 23.7. The summed E-state index contributed by atoms with van der Waals surface area (Å²) in [5.74, 6) is 1.29. The third-order valence-electron chi connectivity index (χ3n) is 7.15. The van der Waals surface area contributed by atoms with Gasteiger partial charge in [-0.05, 0) is 38.0 Å². The number of aliphatic hydroxyl groups excluding tert-OH is 1. The molecule has 0 aromatic carbocycles. The van der Waals surface area contributed by atoms with Gasteiger partial charge in [-0.2, -0.15) is 0 Å². The number of nitrogens with zero attached hydrogens (tertiary/aromatic N) is 4. The van der Waals surface area contributed by atoms with Crippen molar-refractivity contribution >= 4 is 26.9 Å². The minimum absolute atomic E-state index is 0.0414. The number of aliphatic hydroxyl groups is 1. The Balaban J connectivity index is 1.43. The van der Waals surface area contributed by atoms with Crippen LogP contribution in [-0.4, -0.2) is 83.6 Å². The SMILES string of the molecule is CS(=O)(=O)N1CC[C@H](Nc2ncc3c(OC4CCOCC4)ncc(C4CCC(O)CC4)c3n2)C1. The number of fused-ring (bicyclic) bond motifs is 1. The van der Waals surface area contributed by atoms with E-state index in [0.717, 1.165) is 55.0 Å². The second kappa shape index (κ2) is 9.88. The third-order valence-corrected chi connectivity index (χ3v) is 8.42. The van der Waals surface area contributed by atoms with Gasteiger partial charge in [0, 0.05) is 49.9 Å². The van der Waals surface area contributed by atoms with Gasteiger partial charge >= 0.3 is 0 Å². The highest BCUT2D eigenvalue weighted by molar-refractivity contribution is 7.88. The Kier molecular flexibility index (Phi) is 6.88. The molecule has 10 nitrogen and oxygen atoms in total. The number of anilines is 1.